The summed E-state index contributed by atoms with van der Waals surface area (Å²) in [6, 6.07) is 0. The van der Waals surface area contributed by atoms with Crippen LogP contribution in [-0.4, -0.2) is 48.6 Å². The van der Waals surface area contributed by atoms with E-state index < -0.39 is 11.9 Å². The molecule has 1 rings (SSSR count). The van der Waals surface area contributed by atoms with E-state index in [2.05, 4.69) is 13.2 Å². The highest BCUT2D eigenvalue weighted by Crippen LogP contribution is 1.85. The second-order valence-corrected chi connectivity index (χ2v) is 2.31. The van der Waals surface area contributed by atoms with Crippen molar-refractivity contribution >= 4 is 11.9 Å². The molecule has 0 amide bonds. The average molecular weight is 232 g/mol. The van der Waals surface area contributed by atoms with E-state index in [1.54, 1.807) is 0 Å². The molecular formula is C10H16O6. The van der Waals surface area contributed by atoms with Gasteiger partial charge < -0.3 is 19.7 Å². The standard InChI is InChI=1S/C4H8O2.2C3H4O2/c1-2-6-4-3-5-1;2*1-2-3(4)5/h1-4H2;2*2H,1H2,(H,4,5). The molecule has 6 heteroatoms. The molecule has 0 spiro atoms. The summed E-state index contributed by atoms with van der Waals surface area (Å²) in [5.74, 6) is -1.96. The number of aliphatic carboxylic acids is 2. The predicted octanol–water partition coefficient (Wildman–Crippen LogP) is 0.547. The van der Waals surface area contributed by atoms with Crippen molar-refractivity contribution in [2.75, 3.05) is 26.4 Å². The number of hydrogen-bond donors (Lipinski definition) is 2. The van der Waals surface area contributed by atoms with Gasteiger partial charge >= 0.3 is 11.9 Å². The monoisotopic (exact) mass is 232 g/mol. The summed E-state index contributed by atoms with van der Waals surface area (Å²) in [4.78, 5) is 18.5. The molecule has 0 aromatic heterocycles. The van der Waals surface area contributed by atoms with Crippen LogP contribution in [0.25, 0.3) is 0 Å². The molecule has 0 aliphatic carbocycles. The van der Waals surface area contributed by atoms with Gasteiger partial charge in [-0.2, -0.15) is 0 Å². The van der Waals surface area contributed by atoms with Crippen molar-refractivity contribution in [1.29, 1.82) is 0 Å². The van der Waals surface area contributed by atoms with Crippen molar-refractivity contribution in [3.05, 3.63) is 25.3 Å². The predicted molar refractivity (Wildman–Crippen MR) is 57.3 cm³/mol. The van der Waals surface area contributed by atoms with E-state index in [0.29, 0.717) is 0 Å². The number of ether oxygens (including phenoxy) is 2. The molecule has 1 heterocycles. The lowest BCUT2D eigenvalue weighted by Crippen LogP contribution is -2.16. The smallest absolute Gasteiger partial charge is 0.327 e. The number of hydrogen-bond acceptors (Lipinski definition) is 4. The molecule has 1 saturated heterocycles. The Morgan fingerprint density at radius 3 is 1.12 bits per heavy atom. The van der Waals surface area contributed by atoms with Gasteiger partial charge in [0.15, 0.2) is 0 Å². The minimum Gasteiger partial charge on any atom is -0.478 e. The Kier molecular flexibility index (Phi) is 14.0. The lowest BCUT2D eigenvalue weighted by Gasteiger charge is -2.09. The van der Waals surface area contributed by atoms with Crippen LogP contribution in [-0.2, 0) is 19.1 Å². The second kappa shape index (κ2) is 13.3. The van der Waals surface area contributed by atoms with Crippen LogP contribution in [0.3, 0.4) is 0 Å². The highest BCUT2D eigenvalue weighted by Gasteiger charge is 1.94. The van der Waals surface area contributed by atoms with Crippen molar-refractivity contribution in [1.82, 2.24) is 0 Å². The number of carboxylic acids is 2. The lowest BCUT2D eigenvalue weighted by molar-refractivity contribution is -0.132. The van der Waals surface area contributed by atoms with Crippen LogP contribution in [0, 0.1) is 0 Å². The Labute approximate surface area is 93.8 Å². The van der Waals surface area contributed by atoms with Gasteiger partial charge in [-0.3, -0.25) is 0 Å². The largest absolute Gasteiger partial charge is 0.478 e. The molecule has 0 radical (unpaired) electrons. The Morgan fingerprint density at radius 2 is 1.06 bits per heavy atom. The molecule has 1 aliphatic rings. The molecule has 0 aromatic carbocycles. The van der Waals surface area contributed by atoms with E-state index in [1.165, 1.54) is 0 Å². The van der Waals surface area contributed by atoms with Gasteiger partial charge in [-0.25, -0.2) is 9.59 Å². The topological polar surface area (TPSA) is 93.1 Å². The summed E-state index contributed by atoms with van der Waals surface area (Å²) < 4.78 is 9.89. The highest BCUT2D eigenvalue weighted by molar-refractivity contribution is 5.79. The van der Waals surface area contributed by atoms with Crippen LogP contribution in [0.2, 0.25) is 0 Å². The normalized spacial score (nSPS) is 13.0. The maximum absolute atomic E-state index is 9.25. The van der Waals surface area contributed by atoms with E-state index in [4.69, 9.17) is 19.7 Å². The van der Waals surface area contributed by atoms with Crippen LogP contribution in [0.4, 0.5) is 0 Å². The number of rotatable bonds is 2. The fraction of sp³-hybridized carbons (Fsp3) is 0.400. The van der Waals surface area contributed by atoms with Gasteiger partial charge in [-0.15, -0.1) is 0 Å². The summed E-state index contributed by atoms with van der Waals surface area (Å²) in [6.45, 7) is 9.03. The highest BCUT2D eigenvalue weighted by atomic mass is 16.6. The van der Waals surface area contributed by atoms with Gasteiger partial charge in [0.1, 0.15) is 0 Å². The van der Waals surface area contributed by atoms with Gasteiger partial charge in [-0.05, 0) is 0 Å². The van der Waals surface area contributed by atoms with Crippen molar-refractivity contribution in [2.24, 2.45) is 0 Å². The maximum Gasteiger partial charge on any atom is 0.327 e. The summed E-state index contributed by atoms with van der Waals surface area (Å²) in [5, 5.41) is 15.2. The third kappa shape index (κ3) is 22.8. The van der Waals surface area contributed by atoms with Crippen LogP contribution in [0.5, 0.6) is 0 Å². The molecule has 6 nitrogen and oxygen atoms in total. The van der Waals surface area contributed by atoms with Crippen LogP contribution < -0.4 is 0 Å². The summed E-state index contributed by atoms with van der Waals surface area (Å²) in [6.07, 6.45) is 1.67. The summed E-state index contributed by atoms with van der Waals surface area (Å²) >= 11 is 0. The van der Waals surface area contributed by atoms with E-state index in [9.17, 15) is 9.59 Å². The van der Waals surface area contributed by atoms with Crippen molar-refractivity contribution in [2.45, 2.75) is 0 Å². The van der Waals surface area contributed by atoms with E-state index in [0.717, 1.165) is 38.6 Å². The van der Waals surface area contributed by atoms with Gasteiger partial charge in [-0.1, -0.05) is 13.2 Å². The first-order valence-corrected chi connectivity index (χ1v) is 4.40. The quantitative estimate of drug-likeness (QED) is 0.675. The minimum absolute atomic E-state index is 0.778. The summed E-state index contributed by atoms with van der Waals surface area (Å²) in [5.41, 5.74) is 0. The third-order valence-electron chi connectivity index (χ3n) is 1.09. The van der Waals surface area contributed by atoms with E-state index in [-0.39, 0.29) is 0 Å². The van der Waals surface area contributed by atoms with Crippen molar-refractivity contribution in [3.63, 3.8) is 0 Å². The van der Waals surface area contributed by atoms with E-state index in [1.807, 2.05) is 0 Å². The first kappa shape index (κ1) is 16.8. The lowest BCUT2D eigenvalue weighted by atomic mass is 10.6. The van der Waals surface area contributed by atoms with Crippen molar-refractivity contribution < 1.29 is 29.3 Å². The molecule has 0 unspecified atom stereocenters. The van der Waals surface area contributed by atoms with Crippen LogP contribution in [0.15, 0.2) is 25.3 Å². The zero-order chi connectivity index (χ0) is 12.8. The number of carboxylic acid groups (broad SMARTS) is 2. The molecule has 92 valence electrons. The minimum atomic E-state index is -0.981. The summed E-state index contributed by atoms with van der Waals surface area (Å²) in [7, 11) is 0. The molecular weight excluding hydrogens is 216 g/mol. The van der Waals surface area contributed by atoms with Crippen LogP contribution in [0.1, 0.15) is 0 Å². The van der Waals surface area contributed by atoms with E-state index >= 15 is 0 Å². The molecule has 0 saturated carbocycles. The van der Waals surface area contributed by atoms with Gasteiger partial charge in [0.25, 0.3) is 0 Å². The molecule has 0 bridgehead atoms. The molecule has 16 heavy (non-hydrogen) atoms. The molecule has 0 aromatic rings. The fourth-order valence-electron chi connectivity index (χ4n) is 0.440. The fourth-order valence-corrected chi connectivity index (χ4v) is 0.440. The van der Waals surface area contributed by atoms with Crippen LogP contribution >= 0.6 is 0 Å². The van der Waals surface area contributed by atoms with Gasteiger partial charge in [0.05, 0.1) is 26.4 Å². The first-order chi connectivity index (χ1) is 7.54. The van der Waals surface area contributed by atoms with Crippen molar-refractivity contribution in [3.8, 4) is 0 Å². The molecule has 1 fully saturated rings. The SMILES string of the molecule is C1COCCO1.C=CC(=O)O.C=CC(=O)O. The Bertz CT molecular complexity index is 190. The zero-order valence-corrected chi connectivity index (χ0v) is 8.92. The first-order valence-electron chi connectivity index (χ1n) is 4.40. The van der Waals surface area contributed by atoms with Gasteiger partial charge in [0.2, 0.25) is 0 Å². The van der Waals surface area contributed by atoms with Gasteiger partial charge in [0, 0.05) is 12.2 Å². The maximum atomic E-state index is 9.25. The average Bonchev–Trinajstić information content (AvgIpc) is 2.32. The Hall–Kier alpha value is -1.66. The molecule has 1 aliphatic heterocycles. The second-order valence-electron chi connectivity index (χ2n) is 2.31. The third-order valence-corrected chi connectivity index (χ3v) is 1.09. The molecule has 0 atom stereocenters. The Balaban J connectivity index is 0. The zero-order valence-electron chi connectivity index (χ0n) is 8.92. The number of carbonyl (C=O) groups is 2. The Morgan fingerprint density at radius 1 is 0.875 bits per heavy atom. The molecule has 2 N–H and O–H groups in total.